The van der Waals surface area contributed by atoms with Crippen LogP contribution in [0.1, 0.15) is 0 Å². The third-order valence-corrected chi connectivity index (χ3v) is 1.69. The molecule has 0 fully saturated rings. The van der Waals surface area contributed by atoms with E-state index >= 15 is 0 Å². The standard InChI is InChI=1S/C11H23NO4/c1-13-6-7-15-10-11-16-9-8-14-5-3-2-4-12/h2-3H,4-12H2,1H3/b3-2+. The van der Waals surface area contributed by atoms with Gasteiger partial charge in [-0.15, -0.1) is 0 Å². The Bertz CT molecular complexity index is 153. The summed E-state index contributed by atoms with van der Waals surface area (Å²) < 4.78 is 20.6. The fourth-order valence-corrected chi connectivity index (χ4v) is 0.898. The van der Waals surface area contributed by atoms with Gasteiger partial charge < -0.3 is 24.7 Å². The third kappa shape index (κ3) is 13.5. The highest BCUT2D eigenvalue weighted by Crippen LogP contribution is 1.82. The minimum atomic E-state index is 0.554. The fraction of sp³-hybridized carbons (Fsp3) is 0.818. The molecule has 0 aliphatic rings. The van der Waals surface area contributed by atoms with Gasteiger partial charge in [0, 0.05) is 13.7 Å². The number of nitrogens with two attached hydrogens (primary N) is 1. The molecule has 0 rings (SSSR count). The molecule has 0 atom stereocenters. The second-order valence-electron chi connectivity index (χ2n) is 3.00. The van der Waals surface area contributed by atoms with Crippen molar-refractivity contribution in [2.24, 2.45) is 5.73 Å². The Balaban J connectivity index is 2.90. The summed E-state index contributed by atoms with van der Waals surface area (Å²) in [6.45, 7) is 4.74. The molecule has 0 amide bonds. The van der Waals surface area contributed by atoms with E-state index in [4.69, 9.17) is 24.7 Å². The first-order valence-electron chi connectivity index (χ1n) is 5.49. The van der Waals surface area contributed by atoms with Crippen molar-refractivity contribution in [1.82, 2.24) is 0 Å². The van der Waals surface area contributed by atoms with Crippen molar-refractivity contribution in [2.75, 3.05) is 59.9 Å². The maximum Gasteiger partial charge on any atom is 0.0704 e. The maximum absolute atomic E-state index is 5.28. The number of rotatable bonds is 12. The van der Waals surface area contributed by atoms with E-state index in [0.29, 0.717) is 52.8 Å². The van der Waals surface area contributed by atoms with Gasteiger partial charge in [-0.25, -0.2) is 0 Å². The molecule has 0 spiro atoms. The second kappa shape index (κ2) is 14.5. The molecule has 0 bridgehead atoms. The summed E-state index contributed by atoms with van der Waals surface area (Å²) in [6.07, 6.45) is 3.76. The first-order valence-corrected chi connectivity index (χ1v) is 5.49. The van der Waals surface area contributed by atoms with Gasteiger partial charge in [-0.3, -0.25) is 0 Å². The lowest BCUT2D eigenvalue weighted by molar-refractivity contribution is 0.00706. The average Bonchev–Trinajstić information content (AvgIpc) is 2.31. The van der Waals surface area contributed by atoms with Crippen LogP contribution in [-0.2, 0) is 18.9 Å². The molecule has 0 aromatic carbocycles. The lowest BCUT2D eigenvalue weighted by Gasteiger charge is -2.05. The third-order valence-electron chi connectivity index (χ3n) is 1.69. The van der Waals surface area contributed by atoms with Crippen LogP contribution in [0.25, 0.3) is 0 Å². The molecule has 2 N–H and O–H groups in total. The van der Waals surface area contributed by atoms with Gasteiger partial charge in [0.15, 0.2) is 0 Å². The molecule has 0 aliphatic carbocycles. The number of hydrogen-bond donors (Lipinski definition) is 1. The van der Waals surface area contributed by atoms with E-state index in [-0.39, 0.29) is 0 Å². The van der Waals surface area contributed by atoms with Crippen molar-refractivity contribution in [1.29, 1.82) is 0 Å². The van der Waals surface area contributed by atoms with Crippen molar-refractivity contribution in [3.63, 3.8) is 0 Å². The quantitative estimate of drug-likeness (QED) is 0.385. The van der Waals surface area contributed by atoms with Gasteiger partial charge in [0.25, 0.3) is 0 Å². The van der Waals surface area contributed by atoms with Gasteiger partial charge in [-0.2, -0.15) is 0 Å². The van der Waals surface area contributed by atoms with Crippen molar-refractivity contribution in [3.8, 4) is 0 Å². The largest absolute Gasteiger partial charge is 0.382 e. The number of methoxy groups -OCH3 is 1. The molecule has 0 radical (unpaired) electrons. The molecular weight excluding hydrogens is 210 g/mol. The summed E-state index contributed by atoms with van der Waals surface area (Å²) in [7, 11) is 1.65. The minimum absolute atomic E-state index is 0.554. The van der Waals surface area contributed by atoms with Crippen LogP contribution in [0.2, 0.25) is 0 Å². The Morgan fingerprint density at radius 3 is 1.94 bits per heavy atom. The monoisotopic (exact) mass is 233 g/mol. The molecular formula is C11H23NO4. The summed E-state index contributed by atoms with van der Waals surface area (Å²) in [5.74, 6) is 0. The van der Waals surface area contributed by atoms with Crippen LogP contribution in [0.4, 0.5) is 0 Å². The highest BCUT2D eigenvalue weighted by molar-refractivity contribution is 4.81. The zero-order chi connectivity index (χ0) is 11.9. The Morgan fingerprint density at radius 2 is 1.38 bits per heavy atom. The molecule has 0 unspecified atom stereocenters. The Hall–Kier alpha value is -0.460. The molecule has 16 heavy (non-hydrogen) atoms. The van der Waals surface area contributed by atoms with Crippen molar-refractivity contribution < 1.29 is 18.9 Å². The van der Waals surface area contributed by atoms with Gasteiger partial charge in [0.05, 0.1) is 46.2 Å². The Labute approximate surface area is 97.5 Å². The van der Waals surface area contributed by atoms with Crippen LogP contribution in [0.5, 0.6) is 0 Å². The van der Waals surface area contributed by atoms with E-state index in [1.807, 2.05) is 12.2 Å². The minimum Gasteiger partial charge on any atom is -0.382 e. The van der Waals surface area contributed by atoms with E-state index < -0.39 is 0 Å². The molecule has 96 valence electrons. The first-order chi connectivity index (χ1) is 7.91. The molecule has 5 heteroatoms. The van der Waals surface area contributed by atoms with Crippen LogP contribution >= 0.6 is 0 Å². The van der Waals surface area contributed by atoms with Crippen LogP contribution in [0.15, 0.2) is 12.2 Å². The summed E-state index contributed by atoms with van der Waals surface area (Å²) in [4.78, 5) is 0. The van der Waals surface area contributed by atoms with E-state index in [9.17, 15) is 0 Å². The summed E-state index contributed by atoms with van der Waals surface area (Å²) in [5.41, 5.74) is 5.27. The zero-order valence-electron chi connectivity index (χ0n) is 10.0. The molecule has 0 saturated carbocycles. The average molecular weight is 233 g/mol. The van der Waals surface area contributed by atoms with Crippen molar-refractivity contribution in [3.05, 3.63) is 12.2 Å². The van der Waals surface area contributed by atoms with Gasteiger partial charge in [0.1, 0.15) is 0 Å². The lowest BCUT2D eigenvalue weighted by atomic mass is 10.5. The number of hydrogen-bond acceptors (Lipinski definition) is 5. The molecule has 0 aromatic rings. The Morgan fingerprint density at radius 1 is 0.812 bits per heavy atom. The van der Waals surface area contributed by atoms with Crippen LogP contribution in [-0.4, -0.2) is 59.9 Å². The summed E-state index contributed by atoms with van der Waals surface area (Å²) >= 11 is 0. The van der Waals surface area contributed by atoms with Crippen molar-refractivity contribution >= 4 is 0 Å². The zero-order valence-corrected chi connectivity index (χ0v) is 10.0. The normalized spacial score (nSPS) is 11.4. The van der Waals surface area contributed by atoms with Crippen LogP contribution in [0, 0.1) is 0 Å². The van der Waals surface area contributed by atoms with Gasteiger partial charge in [-0.05, 0) is 0 Å². The second-order valence-corrected chi connectivity index (χ2v) is 3.00. The summed E-state index contributed by atoms with van der Waals surface area (Å²) in [6, 6.07) is 0. The molecule has 0 heterocycles. The van der Waals surface area contributed by atoms with E-state index in [0.717, 1.165) is 0 Å². The van der Waals surface area contributed by atoms with E-state index in [1.165, 1.54) is 0 Å². The first kappa shape index (κ1) is 15.5. The molecule has 0 aliphatic heterocycles. The van der Waals surface area contributed by atoms with E-state index in [2.05, 4.69) is 0 Å². The molecule has 0 aromatic heterocycles. The van der Waals surface area contributed by atoms with Crippen molar-refractivity contribution in [2.45, 2.75) is 0 Å². The lowest BCUT2D eigenvalue weighted by Crippen LogP contribution is -2.11. The van der Waals surface area contributed by atoms with Crippen LogP contribution in [0.3, 0.4) is 0 Å². The fourth-order valence-electron chi connectivity index (χ4n) is 0.898. The van der Waals surface area contributed by atoms with E-state index in [1.54, 1.807) is 7.11 Å². The highest BCUT2D eigenvalue weighted by atomic mass is 16.6. The summed E-state index contributed by atoms with van der Waals surface area (Å²) in [5, 5.41) is 0. The van der Waals surface area contributed by atoms with Gasteiger partial charge in [0.2, 0.25) is 0 Å². The smallest absolute Gasteiger partial charge is 0.0704 e. The van der Waals surface area contributed by atoms with Crippen LogP contribution < -0.4 is 5.73 Å². The Kier molecular flexibility index (Phi) is 14.1. The predicted molar refractivity (Wildman–Crippen MR) is 62.5 cm³/mol. The maximum atomic E-state index is 5.28. The van der Waals surface area contributed by atoms with Gasteiger partial charge in [-0.1, -0.05) is 12.2 Å². The van der Waals surface area contributed by atoms with Gasteiger partial charge >= 0.3 is 0 Å². The number of ether oxygens (including phenoxy) is 4. The molecule has 5 nitrogen and oxygen atoms in total. The predicted octanol–water partition coefficient (Wildman–Crippen LogP) is 0.198. The topological polar surface area (TPSA) is 62.9 Å². The molecule has 0 saturated heterocycles. The SMILES string of the molecule is COCCOCCOCCOC/C=C/CN. The highest BCUT2D eigenvalue weighted by Gasteiger charge is 1.90.